The maximum atomic E-state index is 3.65. The monoisotopic (exact) mass is 196 g/mol. The molecule has 82 valence electrons. The van der Waals surface area contributed by atoms with Gasteiger partial charge in [-0.15, -0.1) is 0 Å². The number of hydrogen-bond donors (Lipinski definition) is 1. The van der Waals surface area contributed by atoms with Gasteiger partial charge in [0.05, 0.1) is 0 Å². The highest BCUT2D eigenvalue weighted by Crippen LogP contribution is 2.32. The minimum absolute atomic E-state index is 0.757. The first-order valence-corrected chi connectivity index (χ1v) is 6.25. The molecule has 2 fully saturated rings. The van der Waals surface area contributed by atoms with E-state index in [2.05, 4.69) is 24.1 Å². The van der Waals surface area contributed by atoms with Gasteiger partial charge in [-0.05, 0) is 52.0 Å². The maximum absolute atomic E-state index is 3.65. The average molecular weight is 196 g/mol. The molecule has 0 amide bonds. The molecule has 0 aromatic carbocycles. The molecule has 0 spiro atoms. The van der Waals surface area contributed by atoms with E-state index in [-0.39, 0.29) is 0 Å². The van der Waals surface area contributed by atoms with E-state index >= 15 is 0 Å². The fourth-order valence-electron chi connectivity index (χ4n) is 2.52. The Kier molecular flexibility index (Phi) is 3.45. The summed E-state index contributed by atoms with van der Waals surface area (Å²) in [6, 6.07) is 1.58. The fraction of sp³-hybridized carbons (Fsp3) is 1.00. The number of rotatable bonds is 5. The molecule has 1 saturated heterocycles. The summed E-state index contributed by atoms with van der Waals surface area (Å²) >= 11 is 0. The summed E-state index contributed by atoms with van der Waals surface area (Å²) in [4.78, 5) is 2.62. The third-order valence-electron chi connectivity index (χ3n) is 3.89. The zero-order valence-electron chi connectivity index (χ0n) is 9.63. The van der Waals surface area contributed by atoms with Crippen LogP contribution >= 0.6 is 0 Å². The number of nitrogens with zero attached hydrogens (tertiary/aromatic N) is 1. The Labute approximate surface area is 88.1 Å². The van der Waals surface area contributed by atoms with Gasteiger partial charge in [-0.3, -0.25) is 4.90 Å². The van der Waals surface area contributed by atoms with Gasteiger partial charge in [0.2, 0.25) is 0 Å². The van der Waals surface area contributed by atoms with Gasteiger partial charge in [-0.2, -0.15) is 0 Å². The molecule has 2 heteroatoms. The van der Waals surface area contributed by atoms with Crippen LogP contribution in [0.4, 0.5) is 0 Å². The van der Waals surface area contributed by atoms with Crippen LogP contribution < -0.4 is 5.32 Å². The van der Waals surface area contributed by atoms with Crippen molar-refractivity contribution in [2.75, 3.05) is 19.6 Å². The molecule has 2 aliphatic rings. The standard InChI is InChI=1S/C12H24N2/c1-10-4-3-8-14(10)9-7-13-11(2)12-5-6-12/h10-13H,3-9H2,1-2H3. The van der Waals surface area contributed by atoms with E-state index < -0.39 is 0 Å². The van der Waals surface area contributed by atoms with Crippen LogP contribution in [0.2, 0.25) is 0 Å². The Morgan fingerprint density at radius 2 is 2.14 bits per heavy atom. The zero-order valence-corrected chi connectivity index (χ0v) is 9.63. The average Bonchev–Trinajstić information content (AvgIpc) is 2.93. The van der Waals surface area contributed by atoms with Crippen LogP contribution in [0.3, 0.4) is 0 Å². The Morgan fingerprint density at radius 3 is 2.71 bits per heavy atom. The van der Waals surface area contributed by atoms with Gasteiger partial charge in [0.15, 0.2) is 0 Å². The fourth-order valence-corrected chi connectivity index (χ4v) is 2.52. The molecule has 0 aromatic rings. The molecule has 2 unspecified atom stereocenters. The second-order valence-electron chi connectivity index (χ2n) is 5.11. The van der Waals surface area contributed by atoms with Gasteiger partial charge in [0, 0.05) is 25.2 Å². The van der Waals surface area contributed by atoms with E-state index in [0.29, 0.717) is 0 Å². The van der Waals surface area contributed by atoms with Crippen LogP contribution in [0, 0.1) is 5.92 Å². The predicted molar refractivity (Wildman–Crippen MR) is 60.5 cm³/mol. The number of nitrogens with one attached hydrogen (secondary N) is 1. The van der Waals surface area contributed by atoms with Crippen molar-refractivity contribution < 1.29 is 0 Å². The van der Waals surface area contributed by atoms with E-state index in [1.54, 1.807) is 0 Å². The van der Waals surface area contributed by atoms with Crippen LogP contribution in [0.15, 0.2) is 0 Å². The molecule has 2 nitrogen and oxygen atoms in total. The summed E-state index contributed by atoms with van der Waals surface area (Å²) in [7, 11) is 0. The van der Waals surface area contributed by atoms with Gasteiger partial charge in [-0.25, -0.2) is 0 Å². The van der Waals surface area contributed by atoms with Crippen LogP contribution in [0.5, 0.6) is 0 Å². The zero-order chi connectivity index (χ0) is 9.97. The van der Waals surface area contributed by atoms with Crippen molar-refractivity contribution in [1.29, 1.82) is 0 Å². The Morgan fingerprint density at radius 1 is 1.36 bits per heavy atom. The van der Waals surface area contributed by atoms with Gasteiger partial charge in [0.25, 0.3) is 0 Å². The lowest BCUT2D eigenvalue weighted by Gasteiger charge is -2.22. The van der Waals surface area contributed by atoms with E-state index in [1.165, 1.54) is 45.3 Å². The van der Waals surface area contributed by atoms with E-state index in [1.807, 2.05) is 0 Å². The SMILES string of the molecule is CC(NCCN1CCCC1C)C1CC1. The highest BCUT2D eigenvalue weighted by molar-refractivity contribution is 4.84. The molecule has 0 aromatic heterocycles. The van der Waals surface area contributed by atoms with Crippen molar-refractivity contribution in [2.24, 2.45) is 5.92 Å². The molecule has 0 bridgehead atoms. The molecule has 1 aliphatic carbocycles. The first-order valence-electron chi connectivity index (χ1n) is 6.25. The summed E-state index contributed by atoms with van der Waals surface area (Å²) in [5, 5.41) is 3.65. The van der Waals surface area contributed by atoms with Crippen molar-refractivity contribution >= 4 is 0 Å². The maximum Gasteiger partial charge on any atom is 0.0110 e. The lowest BCUT2D eigenvalue weighted by molar-refractivity contribution is 0.263. The van der Waals surface area contributed by atoms with Crippen molar-refractivity contribution in [3.05, 3.63) is 0 Å². The second-order valence-corrected chi connectivity index (χ2v) is 5.11. The Bertz CT molecular complexity index is 177. The van der Waals surface area contributed by atoms with Crippen LogP contribution in [0.25, 0.3) is 0 Å². The molecule has 0 radical (unpaired) electrons. The van der Waals surface area contributed by atoms with Gasteiger partial charge in [0.1, 0.15) is 0 Å². The van der Waals surface area contributed by atoms with Crippen LogP contribution in [-0.4, -0.2) is 36.6 Å². The quantitative estimate of drug-likeness (QED) is 0.722. The first kappa shape index (κ1) is 10.4. The smallest absolute Gasteiger partial charge is 0.0110 e. The largest absolute Gasteiger partial charge is 0.313 e. The first-order chi connectivity index (χ1) is 6.77. The van der Waals surface area contributed by atoms with Crippen molar-refractivity contribution in [1.82, 2.24) is 10.2 Å². The molecular weight excluding hydrogens is 172 g/mol. The number of likely N-dealkylation sites (tertiary alicyclic amines) is 1. The normalized spacial score (nSPS) is 30.9. The van der Waals surface area contributed by atoms with Crippen molar-refractivity contribution in [3.63, 3.8) is 0 Å². The van der Waals surface area contributed by atoms with Crippen molar-refractivity contribution in [2.45, 2.75) is 51.6 Å². The number of hydrogen-bond acceptors (Lipinski definition) is 2. The lowest BCUT2D eigenvalue weighted by atomic mass is 10.2. The van der Waals surface area contributed by atoms with Gasteiger partial charge < -0.3 is 5.32 Å². The van der Waals surface area contributed by atoms with Crippen LogP contribution in [0.1, 0.15) is 39.5 Å². The van der Waals surface area contributed by atoms with Crippen molar-refractivity contribution in [3.8, 4) is 0 Å². The van der Waals surface area contributed by atoms with Gasteiger partial charge >= 0.3 is 0 Å². The van der Waals surface area contributed by atoms with Gasteiger partial charge in [-0.1, -0.05) is 0 Å². The van der Waals surface area contributed by atoms with E-state index in [4.69, 9.17) is 0 Å². The summed E-state index contributed by atoms with van der Waals surface area (Å²) in [5.41, 5.74) is 0. The summed E-state index contributed by atoms with van der Waals surface area (Å²) in [5.74, 6) is 0.992. The van der Waals surface area contributed by atoms with E-state index in [0.717, 1.165) is 18.0 Å². The Balaban J connectivity index is 1.57. The molecule has 2 rings (SSSR count). The molecule has 1 heterocycles. The minimum atomic E-state index is 0.757. The molecule has 1 N–H and O–H groups in total. The lowest BCUT2D eigenvalue weighted by Crippen LogP contribution is -2.38. The molecular formula is C12H24N2. The third kappa shape index (κ3) is 2.71. The minimum Gasteiger partial charge on any atom is -0.313 e. The highest BCUT2D eigenvalue weighted by atomic mass is 15.2. The molecule has 2 atom stereocenters. The summed E-state index contributed by atoms with van der Waals surface area (Å²) in [6.07, 6.45) is 5.71. The Hall–Kier alpha value is -0.0800. The predicted octanol–water partition coefficient (Wildman–Crippen LogP) is 1.86. The second kappa shape index (κ2) is 4.63. The molecule has 14 heavy (non-hydrogen) atoms. The third-order valence-corrected chi connectivity index (χ3v) is 3.89. The molecule has 1 aliphatic heterocycles. The topological polar surface area (TPSA) is 15.3 Å². The van der Waals surface area contributed by atoms with Crippen LogP contribution in [-0.2, 0) is 0 Å². The van der Waals surface area contributed by atoms with E-state index in [9.17, 15) is 0 Å². The summed E-state index contributed by atoms with van der Waals surface area (Å²) < 4.78 is 0. The summed E-state index contributed by atoms with van der Waals surface area (Å²) in [6.45, 7) is 8.45. The molecule has 1 saturated carbocycles. The highest BCUT2D eigenvalue weighted by Gasteiger charge is 2.27.